The van der Waals surface area contributed by atoms with Gasteiger partial charge in [-0.05, 0) is 24.1 Å². The lowest BCUT2D eigenvalue weighted by atomic mass is 10.1. The molecule has 1 aliphatic heterocycles. The zero-order chi connectivity index (χ0) is 13.0. The summed E-state index contributed by atoms with van der Waals surface area (Å²) in [4.78, 5) is 4.42. The van der Waals surface area contributed by atoms with Gasteiger partial charge in [-0.15, -0.1) is 0 Å². The van der Waals surface area contributed by atoms with Crippen molar-refractivity contribution < 1.29 is 0 Å². The quantitative estimate of drug-likeness (QED) is 0.838. The second-order valence-corrected chi connectivity index (χ2v) is 5.18. The fourth-order valence-corrected chi connectivity index (χ4v) is 2.47. The highest BCUT2D eigenvalue weighted by molar-refractivity contribution is 8.14. The number of anilines is 1. The molecule has 1 atom stereocenters. The molecule has 1 unspecified atom stereocenters. The van der Waals surface area contributed by atoms with Crippen LogP contribution >= 0.6 is 11.8 Å². The fourth-order valence-electron chi connectivity index (χ4n) is 1.57. The molecule has 0 saturated carbocycles. The van der Waals surface area contributed by atoms with Crippen molar-refractivity contribution in [1.82, 2.24) is 0 Å². The maximum atomic E-state index is 8.95. The third kappa shape index (κ3) is 2.82. The monoisotopic (exact) mass is 256 g/mol. The van der Waals surface area contributed by atoms with E-state index in [1.165, 1.54) is 0 Å². The van der Waals surface area contributed by atoms with Gasteiger partial charge in [-0.25, -0.2) is 0 Å². The Morgan fingerprint density at radius 2 is 2.11 bits per heavy atom. The highest BCUT2D eigenvalue weighted by Gasteiger charge is 2.12. The van der Waals surface area contributed by atoms with Gasteiger partial charge in [0.1, 0.15) is 12.1 Å². The zero-order valence-corrected chi connectivity index (χ0v) is 10.8. The summed E-state index contributed by atoms with van der Waals surface area (Å²) in [6, 6.07) is 9.14. The van der Waals surface area contributed by atoms with Crippen LogP contribution in [-0.2, 0) is 0 Å². The Balaban J connectivity index is 2.16. The minimum absolute atomic E-state index is 0.386. The Bertz CT molecular complexity index is 565. The van der Waals surface area contributed by atoms with Gasteiger partial charge in [0.15, 0.2) is 5.17 Å². The normalized spacial score (nSPS) is 18.4. The van der Waals surface area contributed by atoms with Crippen LogP contribution in [0.1, 0.15) is 18.1 Å². The van der Waals surface area contributed by atoms with Gasteiger partial charge < -0.3 is 5.32 Å². The van der Waals surface area contributed by atoms with E-state index in [0.29, 0.717) is 17.0 Å². The molecule has 0 amide bonds. The lowest BCUT2D eigenvalue weighted by Crippen LogP contribution is -2.18. The molecular formula is C13H12N4S. The van der Waals surface area contributed by atoms with E-state index in [-0.39, 0.29) is 0 Å². The number of thioether (sulfide) groups is 1. The van der Waals surface area contributed by atoms with Gasteiger partial charge >= 0.3 is 0 Å². The first-order valence-corrected chi connectivity index (χ1v) is 6.60. The van der Waals surface area contributed by atoms with E-state index in [2.05, 4.69) is 17.2 Å². The van der Waals surface area contributed by atoms with Crippen LogP contribution in [0.25, 0.3) is 0 Å². The fraction of sp³-hybridized carbons (Fsp3) is 0.308. The molecule has 1 heterocycles. The molecule has 1 aliphatic rings. The Morgan fingerprint density at radius 3 is 2.72 bits per heavy atom. The van der Waals surface area contributed by atoms with Crippen molar-refractivity contribution >= 4 is 22.6 Å². The van der Waals surface area contributed by atoms with Crippen molar-refractivity contribution in [2.75, 3.05) is 17.6 Å². The highest BCUT2D eigenvalue weighted by atomic mass is 32.2. The van der Waals surface area contributed by atoms with Crippen molar-refractivity contribution in [3.05, 3.63) is 29.3 Å². The second kappa shape index (κ2) is 5.57. The topological polar surface area (TPSA) is 72.0 Å². The van der Waals surface area contributed by atoms with E-state index < -0.39 is 0 Å². The molecule has 0 aliphatic carbocycles. The molecule has 18 heavy (non-hydrogen) atoms. The average molecular weight is 256 g/mol. The first-order valence-electron chi connectivity index (χ1n) is 5.61. The summed E-state index contributed by atoms with van der Waals surface area (Å²) in [6.45, 7) is 3.00. The van der Waals surface area contributed by atoms with Crippen LogP contribution < -0.4 is 5.32 Å². The van der Waals surface area contributed by atoms with E-state index in [1.807, 2.05) is 12.1 Å². The van der Waals surface area contributed by atoms with E-state index in [1.54, 1.807) is 30.0 Å². The van der Waals surface area contributed by atoms with Crippen LogP contribution in [0, 0.1) is 28.6 Å². The van der Waals surface area contributed by atoms with Crippen molar-refractivity contribution in [2.45, 2.75) is 6.92 Å². The van der Waals surface area contributed by atoms with Gasteiger partial charge in [0.25, 0.3) is 0 Å². The molecule has 2 rings (SSSR count). The van der Waals surface area contributed by atoms with Crippen LogP contribution in [-0.4, -0.2) is 17.5 Å². The van der Waals surface area contributed by atoms with Crippen LogP contribution in [0.4, 0.5) is 5.69 Å². The van der Waals surface area contributed by atoms with E-state index in [0.717, 1.165) is 23.2 Å². The first kappa shape index (κ1) is 12.5. The molecule has 0 bridgehead atoms. The predicted molar refractivity (Wildman–Crippen MR) is 73.4 cm³/mol. The molecule has 0 spiro atoms. The van der Waals surface area contributed by atoms with E-state index in [4.69, 9.17) is 10.5 Å². The number of benzene rings is 1. The summed E-state index contributed by atoms with van der Waals surface area (Å²) in [6.07, 6.45) is 0. The van der Waals surface area contributed by atoms with Crippen molar-refractivity contribution in [2.24, 2.45) is 10.9 Å². The summed E-state index contributed by atoms with van der Waals surface area (Å²) in [5, 5.41) is 21.8. The number of aliphatic imine (C=N–C) groups is 1. The summed E-state index contributed by atoms with van der Waals surface area (Å²) >= 11 is 1.68. The number of hydrogen-bond donors (Lipinski definition) is 1. The highest BCUT2D eigenvalue weighted by Crippen LogP contribution is 2.21. The Morgan fingerprint density at radius 1 is 1.33 bits per heavy atom. The molecule has 1 N–H and O–H groups in total. The van der Waals surface area contributed by atoms with E-state index in [9.17, 15) is 0 Å². The molecule has 0 radical (unpaired) electrons. The summed E-state index contributed by atoms with van der Waals surface area (Å²) in [7, 11) is 0. The van der Waals surface area contributed by atoms with Crippen LogP contribution in [0.15, 0.2) is 23.2 Å². The third-order valence-corrected chi connectivity index (χ3v) is 3.80. The number of amidine groups is 1. The Kier molecular flexibility index (Phi) is 3.86. The van der Waals surface area contributed by atoms with E-state index >= 15 is 0 Å². The molecular weight excluding hydrogens is 244 g/mol. The number of rotatable bonds is 1. The van der Waals surface area contributed by atoms with Gasteiger partial charge in [-0.3, -0.25) is 4.99 Å². The lowest BCUT2D eigenvalue weighted by molar-refractivity contribution is 0.674. The van der Waals surface area contributed by atoms with Crippen molar-refractivity contribution in [3.63, 3.8) is 0 Å². The minimum atomic E-state index is 0.386. The van der Waals surface area contributed by atoms with Crippen LogP contribution in [0.5, 0.6) is 0 Å². The third-order valence-electron chi connectivity index (χ3n) is 2.56. The molecule has 1 aromatic rings. The van der Waals surface area contributed by atoms with Gasteiger partial charge in [0.05, 0.1) is 11.1 Å². The summed E-state index contributed by atoms with van der Waals surface area (Å²) in [5.74, 6) is 1.66. The maximum Gasteiger partial charge on any atom is 0.161 e. The number of nitrogens with one attached hydrogen (secondary N) is 1. The molecule has 5 heteroatoms. The molecule has 4 nitrogen and oxygen atoms in total. The first-order chi connectivity index (χ1) is 8.72. The smallest absolute Gasteiger partial charge is 0.161 e. The standard InChI is InChI=1S/C13H12N4S/c1-9-7-16-13(18-8-9)17-12-3-2-10(5-14)11(4-12)6-15/h2-4,9H,7-8H2,1H3,(H,16,17). The zero-order valence-electron chi connectivity index (χ0n) is 9.97. The number of nitrogens with zero attached hydrogens (tertiary/aromatic N) is 3. The average Bonchev–Trinajstić information content (AvgIpc) is 2.41. The Labute approximate surface area is 110 Å². The van der Waals surface area contributed by atoms with Gasteiger partial charge in [0, 0.05) is 18.0 Å². The second-order valence-electron chi connectivity index (χ2n) is 4.17. The van der Waals surface area contributed by atoms with Crippen molar-refractivity contribution in [3.8, 4) is 12.1 Å². The summed E-state index contributed by atoms with van der Waals surface area (Å²) < 4.78 is 0. The van der Waals surface area contributed by atoms with Crippen LogP contribution in [0.3, 0.4) is 0 Å². The molecule has 0 saturated heterocycles. The van der Waals surface area contributed by atoms with Crippen molar-refractivity contribution in [1.29, 1.82) is 10.5 Å². The molecule has 90 valence electrons. The van der Waals surface area contributed by atoms with Crippen LogP contribution in [0.2, 0.25) is 0 Å². The lowest BCUT2D eigenvalue weighted by Gasteiger charge is -2.18. The number of nitriles is 2. The van der Waals surface area contributed by atoms with Gasteiger partial charge in [-0.2, -0.15) is 10.5 Å². The minimum Gasteiger partial charge on any atom is -0.335 e. The molecule has 1 aromatic carbocycles. The predicted octanol–water partition coefficient (Wildman–Crippen LogP) is 2.58. The molecule has 0 fully saturated rings. The number of hydrogen-bond acceptors (Lipinski definition) is 5. The maximum absolute atomic E-state index is 8.95. The molecule has 0 aromatic heterocycles. The Hall–Kier alpha value is -1.98. The largest absolute Gasteiger partial charge is 0.335 e. The van der Waals surface area contributed by atoms with Gasteiger partial charge in [-0.1, -0.05) is 18.7 Å². The summed E-state index contributed by atoms with van der Waals surface area (Å²) in [5.41, 5.74) is 1.58. The van der Waals surface area contributed by atoms with Gasteiger partial charge in [0.2, 0.25) is 0 Å². The SMILES string of the molecule is CC1CN=C(Nc2ccc(C#N)c(C#N)c2)SC1.